The molecule has 0 saturated carbocycles. The molecule has 0 unspecified atom stereocenters. The zero-order valence-electron chi connectivity index (χ0n) is 16.3. The maximum absolute atomic E-state index is 7.39. The molecule has 3 aromatic rings. The molecule has 28 heavy (non-hydrogen) atoms. The van der Waals surface area contributed by atoms with E-state index >= 15 is 0 Å². The molecule has 0 saturated heterocycles. The minimum atomic E-state index is -0.0606. The molecule has 3 N–H and O–H groups in total. The second kappa shape index (κ2) is 8.61. The lowest BCUT2D eigenvalue weighted by molar-refractivity contribution is 0.217. The number of hydrogen-bond donors (Lipinski definition) is 2. The highest BCUT2D eigenvalue weighted by Crippen LogP contribution is 2.32. The maximum atomic E-state index is 7.39. The number of amidine groups is 1. The van der Waals surface area contributed by atoms with Crippen molar-refractivity contribution >= 4 is 5.84 Å². The van der Waals surface area contributed by atoms with Crippen LogP contribution in [0.15, 0.2) is 78.9 Å². The Morgan fingerprint density at radius 3 is 1.71 bits per heavy atom. The van der Waals surface area contributed by atoms with Gasteiger partial charge in [-0.05, 0) is 47.5 Å². The molecule has 0 bridgehead atoms. The van der Waals surface area contributed by atoms with E-state index in [4.69, 9.17) is 20.6 Å². The summed E-state index contributed by atoms with van der Waals surface area (Å²) < 4.78 is 11.4. The van der Waals surface area contributed by atoms with Crippen LogP contribution in [0.25, 0.3) is 0 Å². The highest BCUT2D eigenvalue weighted by Gasteiger charge is 2.22. The molecule has 0 radical (unpaired) electrons. The molecule has 0 fully saturated rings. The molecule has 0 aromatic heterocycles. The minimum Gasteiger partial charge on any atom is -0.490 e. The van der Waals surface area contributed by atoms with Crippen LogP contribution in [0.5, 0.6) is 11.5 Å². The fourth-order valence-corrected chi connectivity index (χ4v) is 3.04. The summed E-state index contributed by atoms with van der Waals surface area (Å²) in [6, 6.07) is 25.9. The van der Waals surface area contributed by atoms with Crippen LogP contribution in [-0.2, 0) is 5.41 Å². The van der Waals surface area contributed by atoms with Gasteiger partial charge in [0.15, 0.2) is 0 Å². The smallest absolute Gasteiger partial charge is 0.122 e. The van der Waals surface area contributed by atoms with Gasteiger partial charge in [0, 0.05) is 11.0 Å². The standard InChI is InChI=1S/C24H26N2O2/c1-24(2,19-6-4-3-5-7-19)20-10-14-22(15-11-20)28-17-16-27-21-12-8-18(9-13-21)23(25)26/h3-15H,16-17H2,1-2H3,(H3,25,26). The van der Waals surface area contributed by atoms with E-state index in [0.29, 0.717) is 18.8 Å². The van der Waals surface area contributed by atoms with E-state index in [-0.39, 0.29) is 11.3 Å². The van der Waals surface area contributed by atoms with Gasteiger partial charge in [-0.3, -0.25) is 5.41 Å². The van der Waals surface area contributed by atoms with E-state index in [1.54, 1.807) is 24.3 Å². The second-order valence-electron chi connectivity index (χ2n) is 7.15. The first-order valence-corrected chi connectivity index (χ1v) is 9.33. The molecule has 0 heterocycles. The lowest BCUT2D eigenvalue weighted by Crippen LogP contribution is -2.18. The Morgan fingerprint density at radius 2 is 1.21 bits per heavy atom. The predicted molar refractivity (Wildman–Crippen MR) is 113 cm³/mol. The molecule has 0 atom stereocenters. The minimum absolute atomic E-state index is 0.0498. The van der Waals surface area contributed by atoms with Crippen LogP contribution in [-0.4, -0.2) is 19.0 Å². The van der Waals surface area contributed by atoms with Gasteiger partial charge in [-0.15, -0.1) is 0 Å². The van der Waals surface area contributed by atoms with Gasteiger partial charge in [0.2, 0.25) is 0 Å². The van der Waals surface area contributed by atoms with Crippen LogP contribution >= 0.6 is 0 Å². The van der Waals surface area contributed by atoms with Gasteiger partial charge >= 0.3 is 0 Å². The summed E-state index contributed by atoms with van der Waals surface area (Å²) in [5, 5.41) is 7.39. The quantitative estimate of drug-likeness (QED) is 0.339. The van der Waals surface area contributed by atoms with Crippen LogP contribution < -0.4 is 15.2 Å². The van der Waals surface area contributed by atoms with Crippen molar-refractivity contribution in [1.29, 1.82) is 5.41 Å². The Labute approximate surface area is 166 Å². The molecular formula is C24H26N2O2. The average molecular weight is 374 g/mol. The van der Waals surface area contributed by atoms with Crippen LogP contribution in [0.3, 0.4) is 0 Å². The fourth-order valence-electron chi connectivity index (χ4n) is 3.04. The van der Waals surface area contributed by atoms with Gasteiger partial charge < -0.3 is 15.2 Å². The highest BCUT2D eigenvalue weighted by atomic mass is 16.5. The molecule has 0 aliphatic rings. The summed E-state index contributed by atoms with van der Waals surface area (Å²) in [4.78, 5) is 0. The molecule has 3 aromatic carbocycles. The highest BCUT2D eigenvalue weighted by molar-refractivity contribution is 5.94. The molecule has 4 nitrogen and oxygen atoms in total. The number of nitrogens with two attached hydrogens (primary N) is 1. The number of ether oxygens (including phenoxy) is 2. The molecule has 3 rings (SSSR count). The molecule has 0 amide bonds. The third kappa shape index (κ3) is 4.71. The summed E-state index contributed by atoms with van der Waals surface area (Å²) >= 11 is 0. The first-order chi connectivity index (χ1) is 13.5. The van der Waals surface area contributed by atoms with Crippen molar-refractivity contribution in [2.45, 2.75) is 19.3 Å². The SMILES string of the molecule is CC(C)(c1ccccc1)c1ccc(OCCOc2ccc(C(=N)N)cc2)cc1. The van der Waals surface area contributed by atoms with Crippen molar-refractivity contribution in [2.75, 3.05) is 13.2 Å². The number of benzene rings is 3. The van der Waals surface area contributed by atoms with E-state index in [9.17, 15) is 0 Å². The van der Waals surface area contributed by atoms with Crippen molar-refractivity contribution < 1.29 is 9.47 Å². The second-order valence-corrected chi connectivity index (χ2v) is 7.15. The Hall–Kier alpha value is -3.27. The number of hydrogen-bond acceptors (Lipinski definition) is 3. The van der Waals surface area contributed by atoms with Crippen molar-refractivity contribution in [3.63, 3.8) is 0 Å². The summed E-state index contributed by atoms with van der Waals surface area (Å²) in [7, 11) is 0. The molecule has 0 aliphatic heterocycles. The molecule has 0 spiro atoms. The van der Waals surface area contributed by atoms with E-state index in [1.165, 1.54) is 11.1 Å². The summed E-state index contributed by atoms with van der Waals surface area (Å²) in [6.07, 6.45) is 0. The average Bonchev–Trinajstić information content (AvgIpc) is 2.72. The lowest BCUT2D eigenvalue weighted by atomic mass is 9.78. The van der Waals surface area contributed by atoms with Crippen LogP contribution in [0.1, 0.15) is 30.5 Å². The molecule has 0 aliphatic carbocycles. The molecule has 4 heteroatoms. The zero-order valence-corrected chi connectivity index (χ0v) is 16.3. The summed E-state index contributed by atoms with van der Waals surface area (Å²) in [5.74, 6) is 1.60. The summed E-state index contributed by atoms with van der Waals surface area (Å²) in [5.41, 5.74) is 8.59. The van der Waals surface area contributed by atoms with Crippen LogP contribution in [0.2, 0.25) is 0 Å². The maximum Gasteiger partial charge on any atom is 0.122 e. The topological polar surface area (TPSA) is 68.3 Å². The van der Waals surface area contributed by atoms with E-state index in [0.717, 1.165) is 11.5 Å². The third-order valence-electron chi connectivity index (χ3n) is 4.86. The molecule has 144 valence electrons. The van der Waals surface area contributed by atoms with Crippen LogP contribution in [0, 0.1) is 5.41 Å². The Bertz CT molecular complexity index is 902. The number of nitrogen functional groups attached to an aromatic ring is 1. The zero-order chi connectivity index (χ0) is 20.0. The van der Waals surface area contributed by atoms with E-state index in [1.807, 2.05) is 18.2 Å². The number of nitrogens with one attached hydrogen (secondary N) is 1. The first kappa shape index (κ1) is 19.5. The van der Waals surface area contributed by atoms with Gasteiger partial charge in [-0.25, -0.2) is 0 Å². The fraction of sp³-hybridized carbons (Fsp3) is 0.208. The van der Waals surface area contributed by atoms with Crippen LogP contribution in [0.4, 0.5) is 0 Å². The van der Waals surface area contributed by atoms with E-state index in [2.05, 4.69) is 50.2 Å². The third-order valence-corrected chi connectivity index (χ3v) is 4.86. The Morgan fingerprint density at radius 1 is 0.750 bits per heavy atom. The van der Waals surface area contributed by atoms with Gasteiger partial charge in [0.1, 0.15) is 30.5 Å². The van der Waals surface area contributed by atoms with Gasteiger partial charge in [-0.1, -0.05) is 56.3 Å². The summed E-state index contributed by atoms with van der Waals surface area (Å²) in [6.45, 7) is 5.35. The van der Waals surface area contributed by atoms with Crippen molar-refractivity contribution in [3.8, 4) is 11.5 Å². The van der Waals surface area contributed by atoms with Gasteiger partial charge in [-0.2, -0.15) is 0 Å². The van der Waals surface area contributed by atoms with Gasteiger partial charge in [0.25, 0.3) is 0 Å². The van der Waals surface area contributed by atoms with Crippen molar-refractivity contribution in [3.05, 3.63) is 95.6 Å². The normalized spacial score (nSPS) is 11.1. The van der Waals surface area contributed by atoms with Gasteiger partial charge in [0.05, 0.1) is 0 Å². The van der Waals surface area contributed by atoms with Crippen molar-refractivity contribution in [1.82, 2.24) is 0 Å². The monoisotopic (exact) mass is 374 g/mol. The lowest BCUT2D eigenvalue weighted by Gasteiger charge is -2.26. The first-order valence-electron chi connectivity index (χ1n) is 9.33. The largest absolute Gasteiger partial charge is 0.490 e. The number of rotatable bonds is 8. The Balaban J connectivity index is 1.51. The predicted octanol–water partition coefficient (Wildman–Crippen LogP) is 4.75. The van der Waals surface area contributed by atoms with E-state index < -0.39 is 0 Å². The molecular weight excluding hydrogens is 348 g/mol. The van der Waals surface area contributed by atoms with Crippen molar-refractivity contribution in [2.24, 2.45) is 5.73 Å². The Kier molecular flexibility index (Phi) is 5.99.